The number of benzene rings is 1. The third kappa shape index (κ3) is 3.72. The molecule has 0 radical (unpaired) electrons. The first-order chi connectivity index (χ1) is 14.3. The van der Waals surface area contributed by atoms with Crippen LogP contribution in [0.5, 0.6) is 0 Å². The molecule has 5 rings (SSSR count). The van der Waals surface area contributed by atoms with E-state index in [9.17, 15) is 0 Å². The number of hydrogen-bond acceptors (Lipinski definition) is 4. The second-order valence-corrected chi connectivity index (χ2v) is 7.92. The van der Waals surface area contributed by atoms with E-state index in [4.69, 9.17) is 21.7 Å². The largest absolute Gasteiger partial charge is 0.370 e. The minimum absolute atomic E-state index is 0.713. The lowest BCUT2D eigenvalue weighted by atomic mass is 9.96. The molecule has 1 N–H and O–H groups in total. The molecule has 3 heterocycles. The van der Waals surface area contributed by atoms with E-state index < -0.39 is 0 Å². The summed E-state index contributed by atoms with van der Waals surface area (Å²) in [5.41, 5.74) is 5.30. The summed E-state index contributed by atoms with van der Waals surface area (Å²) in [7, 11) is 0. The minimum Gasteiger partial charge on any atom is -0.370 e. The Kier molecular flexibility index (Phi) is 4.94. The van der Waals surface area contributed by atoms with Gasteiger partial charge in [0.15, 0.2) is 5.65 Å². The van der Waals surface area contributed by atoms with Gasteiger partial charge in [-0.2, -0.15) is 9.61 Å². The molecule has 0 aliphatic heterocycles. The molecule has 0 saturated heterocycles. The molecule has 0 bridgehead atoms. The third-order valence-corrected chi connectivity index (χ3v) is 5.68. The van der Waals surface area contributed by atoms with Crippen molar-refractivity contribution in [3.8, 4) is 11.3 Å². The topological polar surface area (TPSA) is 60.0 Å². The molecule has 6 nitrogen and oxygen atoms in total. The summed E-state index contributed by atoms with van der Waals surface area (Å²) < 4.78 is 4.07. The molecule has 0 spiro atoms. The maximum Gasteiger partial charge on any atom is 0.158 e. The summed E-state index contributed by atoms with van der Waals surface area (Å²) in [5.74, 6) is 1.09. The molecule has 29 heavy (non-hydrogen) atoms. The molecule has 148 valence electrons. The molecule has 4 aromatic rings. The van der Waals surface area contributed by atoms with E-state index in [1.54, 1.807) is 0 Å². The van der Waals surface area contributed by atoms with E-state index >= 15 is 0 Å². The third-order valence-electron chi connectivity index (χ3n) is 5.44. The van der Waals surface area contributed by atoms with Crippen LogP contribution in [0.3, 0.4) is 0 Å². The molecule has 1 aromatic carbocycles. The number of halogens is 1. The highest BCUT2D eigenvalue weighted by Gasteiger charge is 2.20. The number of imidazole rings is 1. The predicted molar refractivity (Wildman–Crippen MR) is 115 cm³/mol. The minimum atomic E-state index is 0.713. The number of aromatic nitrogens is 5. The first-order valence-corrected chi connectivity index (χ1v) is 10.5. The van der Waals surface area contributed by atoms with Crippen LogP contribution >= 0.6 is 11.6 Å². The number of nitrogens with zero attached hydrogens (tertiary/aromatic N) is 5. The average Bonchev–Trinajstić information content (AvgIpc) is 3.40. The first-order valence-electron chi connectivity index (χ1n) is 10.1. The summed E-state index contributed by atoms with van der Waals surface area (Å²) in [4.78, 5) is 9.04. The van der Waals surface area contributed by atoms with Crippen LogP contribution < -0.4 is 5.32 Å². The smallest absolute Gasteiger partial charge is 0.158 e. The van der Waals surface area contributed by atoms with Crippen molar-refractivity contribution in [2.45, 2.75) is 38.6 Å². The van der Waals surface area contributed by atoms with Gasteiger partial charge in [0.1, 0.15) is 5.82 Å². The fraction of sp³-hybridized carbons (Fsp3) is 0.318. The van der Waals surface area contributed by atoms with Crippen molar-refractivity contribution < 1.29 is 0 Å². The van der Waals surface area contributed by atoms with E-state index in [2.05, 4.69) is 20.9 Å². The zero-order valence-electron chi connectivity index (χ0n) is 16.2. The molecule has 0 unspecified atom stereocenters. The molecule has 1 aliphatic rings. The normalized spacial score (nSPS) is 13.6. The Balaban J connectivity index is 1.48. The SMILES string of the molecule is Clc1cccc(-c2cc3nc4c(c(NCCCn5ccnc5)n3n2)CCCC4)c1. The quantitative estimate of drug-likeness (QED) is 0.474. The van der Waals surface area contributed by atoms with Crippen LogP contribution in [0.4, 0.5) is 5.82 Å². The summed E-state index contributed by atoms with van der Waals surface area (Å²) in [6.45, 7) is 1.81. The summed E-state index contributed by atoms with van der Waals surface area (Å²) in [5, 5.41) is 9.25. The van der Waals surface area contributed by atoms with Gasteiger partial charge in [0.2, 0.25) is 0 Å². The van der Waals surface area contributed by atoms with Gasteiger partial charge in [-0.1, -0.05) is 23.7 Å². The van der Waals surface area contributed by atoms with E-state index in [0.29, 0.717) is 5.02 Å². The molecule has 0 amide bonds. The Morgan fingerprint density at radius 1 is 1.14 bits per heavy atom. The van der Waals surface area contributed by atoms with Crippen LogP contribution in [0.25, 0.3) is 16.9 Å². The van der Waals surface area contributed by atoms with Gasteiger partial charge < -0.3 is 9.88 Å². The van der Waals surface area contributed by atoms with Crippen LogP contribution in [-0.2, 0) is 19.4 Å². The number of nitrogens with one attached hydrogen (secondary N) is 1. The lowest BCUT2D eigenvalue weighted by Gasteiger charge is -2.20. The highest BCUT2D eigenvalue weighted by molar-refractivity contribution is 6.30. The van der Waals surface area contributed by atoms with Gasteiger partial charge in [-0.05, 0) is 44.2 Å². The van der Waals surface area contributed by atoms with Crippen LogP contribution in [0.2, 0.25) is 5.02 Å². The lowest BCUT2D eigenvalue weighted by Crippen LogP contribution is -2.16. The van der Waals surface area contributed by atoms with Gasteiger partial charge in [0, 0.05) is 53.4 Å². The van der Waals surface area contributed by atoms with Crippen molar-refractivity contribution in [2.75, 3.05) is 11.9 Å². The first kappa shape index (κ1) is 18.2. The monoisotopic (exact) mass is 406 g/mol. The summed E-state index contributed by atoms with van der Waals surface area (Å²) >= 11 is 6.19. The van der Waals surface area contributed by atoms with E-state index in [-0.39, 0.29) is 0 Å². The number of aryl methyl sites for hydroxylation is 2. The second kappa shape index (κ2) is 7.87. The molecular formula is C22H23ClN6. The fourth-order valence-electron chi connectivity index (χ4n) is 4.01. The summed E-state index contributed by atoms with van der Waals surface area (Å²) in [6.07, 6.45) is 11.2. The Morgan fingerprint density at radius 2 is 2.07 bits per heavy atom. The molecular weight excluding hydrogens is 384 g/mol. The van der Waals surface area contributed by atoms with Crippen molar-refractivity contribution in [1.29, 1.82) is 0 Å². The van der Waals surface area contributed by atoms with Crippen molar-refractivity contribution in [3.05, 3.63) is 65.3 Å². The van der Waals surface area contributed by atoms with Crippen molar-refractivity contribution in [3.63, 3.8) is 0 Å². The van der Waals surface area contributed by atoms with Crippen molar-refractivity contribution in [1.82, 2.24) is 24.1 Å². The maximum atomic E-state index is 6.19. The molecule has 0 atom stereocenters. The van der Waals surface area contributed by atoms with Crippen LogP contribution in [0.1, 0.15) is 30.5 Å². The predicted octanol–water partition coefficient (Wildman–Crippen LogP) is 4.63. The molecule has 3 aromatic heterocycles. The number of hydrogen-bond donors (Lipinski definition) is 1. The van der Waals surface area contributed by atoms with Crippen LogP contribution in [-0.4, -0.2) is 30.7 Å². The van der Waals surface area contributed by atoms with Gasteiger partial charge in [-0.25, -0.2) is 9.97 Å². The average molecular weight is 407 g/mol. The Bertz CT molecular complexity index is 1130. The standard InChI is InChI=1S/C22H23ClN6/c23-17-6-3-5-16(13-17)20-14-21-26-19-8-2-1-7-18(19)22(29(21)27-20)25-9-4-11-28-12-10-24-15-28/h3,5-6,10,12-15,25H,1-2,4,7-9,11H2. The highest BCUT2D eigenvalue weighted by atomic mass is 35.5. The van der Waals surface area contributed by atoms with E-state index in [1.807, 2.05) is 47.5 Å². The zero-order valence-corrected chi connectivity index (χ0v) is 16.9. The summed E-state index contributed by atoms with van der Waals surface area (Å²) in [6, 6.07) is 9.87. The van der Waals surface area contributed by atoms with Gasteiger partial charge in [-0.15, -0.1) is 0 Å². The second-order valence-electron chi connectivity index (χ2n) is 7.48. The number of anilines is 1. The van der Waals surface area contributed by atoms with Crippen molar-refractivity contribution in [2.24, 2.45) is 0 Å². The van der Waals surface area contributed by atoms with Gasteiger partial charge in [0.05, 0.1) is 12.0 Å². The fourth-order valence-corrected chi connectivity index (χ4v) is 4.20. The van der Waals surface area contributed by atoms with Gasteiger partial charge in [-0.3, -0.25) is 0 Å². The Labute approximate surface area is 174 Å². The van der Waals surface area contributed by atoms with Gasteiger partial charge >= 0.3 is 0 Å². The highest BCUT2D eigenvalue weighted by Crippen LogP contribution is 2.30. The van der Waals surface area contributed by atoms with Crippen LogP contribution in [0.15, 0.2) is 49.1 Å². The maximum absolute atomic E-state index is 6.19. The molecule has 7 heteroatoms. The Morgan fingerprint density at radius 3 is 2.93 bits per heavy atom. The van der Waals surface area contributed by atoms with E-state index in [0.717, 1.165) is 55.1 Å². The van der Waals surface area contributed by atoms with Crippen LogP contribution in [0, 0.1) is 0 Å². The van der Waals surface area contributed by atoms with Gasteiger partial charge in [0.25, 0.3) is 0 Å². The number of rotatable bonds is 6. The zero-order chi connectivity index (χ0) is 19.6. The number of fused-ring (bicyclic) bond motifs is 2. The molecule has 0 saturated carbocycles. The van der Waals surface area contributed by atoms with E-state index in [1.165, 1.54) is 24.1 Å². The molecule has 0 fully saturated rings. The Hall–Kier alpha value is -2.86. The lowest BCUT2D eigenvalue weighted by molar-refractivity contribution is 0.648. The molecule has 1 aliphatic carbocycles. The van der Waals surface area contributed by atoms with Crippen molar-refractivity contribution >= 4 is 23.1 Å².